The van der Waals surface area contributed by atoms with Crippen molar-refractivity contribution in [1.29, 1.82) is 0 Å². The minimum atomic E-state index is -0.310. The maximum Gasteiger partial charge on any atom is 0.123 e. The lowest BCUT2D eigenvalue weighted by Crippen LogP contribution is -2.14. The van der Waals surface area contributed by atoms with Gasteiger partial charge in [0.2, 0.25) is 0 Å². The first-order chi connectivity index (χ1) is 8.97. The Morgan fingerprint density at radius 3 is 2.53 bits per heavy atom. The van der Waals surface area contributed by atoms with E-state index in [4.69, 9.17) is 17.3 Å². The molecule has 0 aliphatic carbocycles. The third-order valence-electron chi connectivity index (χ3n) is 3.38. The summed E-state index contributed by atoms with van der Waals surface area (Å²) in [5.41, 5.74) is 10.4. The van der Waals surface area contributed by atoms with Gasteiger partial charge in [0, 0.05) is 11.1 Å². The summed E-state index contributed by atoms with van der Waals surface area (Å²) in [5.74, 6) is -0.310. The molecule has 3 heteroatoms. The van der Waals surface area contributed by atoms with Gasteiger partial charge in [-0.2, -0.15) is 0 Å². The first-order valence-corrected chi connectivity index (χ1v) is 6.62. The smallest absolute Gasteiger partial charge is 0.123 e. The van der Waals surface area contributed by atoms with E-state index in [1.54, 1.807) is 6.07 Å². The van der Waals surface area contributed by atoms with Crippen molar-refractivity contribution < 1.29 is 4.39 Å². The van der Waals surface area contributed by atoms with Gasteiger partial charge in [-0.05, 0) is 60.7 Å². The Hall–Kier alpha value is -1.38. The Labute approximate surface area is 118 Å². The third-order valence-corrected chi connectivity index (χ3v) is 3.73. The SMILES string of the molecule is Cc1ccc(CC(N)c2cc(F)ccc2Cl)cc1C. The summed E-state index contributed by atoms with van der Waals surface area (Å²) >= 11 is 6.07. The zero-order valence-electron chi connectivity index (χ0n) is 11.1. The summed E-state index contributed by atoms with van der Waals surface area (Å²) in [6.45, 7) is 4.14. The molecule has 2 N–H and O–H groups in total. The molecular formula is C16H17ClFN. The number of rotatable bonds is 3. The van der Waals surface area contributed by atoms with E-state index in [-0.39, 0.29) is 11.9 Å². The van der Waals surface area contributed by atoms with Crippen LogP contribution in [0.3, 0.4) is 0 Å². The first kappa shape index (κ1) is 14.0. The van der Waals surface area contributed by atoms with E-state index in [1.807, 2.05) is 0 Å². The molecule has 0 aromatic heterocycles. The number of hydrogen-bond acceptors (Lipinski definition) is 1. The molecule has 1 atom stereocenters. The van der Waals surface area contributed by atoms with Gasteiger partial charge in [0.15, 0.2) is 0 Å². The molecule has 0 saturated heterocycles. The summed E-state index contributed by atoms with van der Waals surface area (Å²) in [5, 5.41) is 0.512. The van der Waals surface area contributed by atoms with Crippen LogP contribution in [0, 0.1) is 19.7 Å². The van der Waals surface area contributed by atoms with Crippen LogP contribution >= 0.6 is 11.6 Å². The van der Waals surface area contributed by atoms with Crippen molar-refractivity contribution in [2.45, 2.75) is 26.3 Å². The number of hydrogen-bond donors (Lipinski definition) is 1. The molecule has 0 radical (unpaired) electrons. The molecule has 0 heterocycles. The lowest BCUT2D eigenvalue weighted by atomic mass is 9.97. The van der Waals surface area contributed by atoms with E-state index in [2.05, 4.69) is 32.0 Å². The molecule has 0 saturated carbocycles. The minimum absolute atomic E-state index is 0.301. The monoisotopic (exact) mass is 277 g/mol. The van der Waals surface area contributed by atoms with Crippen LogP contribution in [-0.4, -0.2) is 0 Å². The zero-order chi connectivity index (χ0) is 14.0. The maximum atomic E-state index is 13.2. The molecule has 2 rings (SSSR count). The van der Waals surface area contributed by atoms with Crippen molar-refractivity contribution in [1.82, 2.24) is 0 Å². The Kier molecular flexibility index (Phi) is 4.23. The minimum Gasteiger partial charge on any atom is -0.324 e. The van der Waals surface area contributed by atoms with Crippen LogP contribution in [0.2, 0.25) is 5.02 Å². The zero-order valence-corrected chi connectivity index (χ0v) is 11.8. The van der Waals surface area contributed by atoms with Crippen molar-refractivity contribution >= 4 is 11.6 Å². The standard InChI is InChI=1S/C16H17ClFN/c1-10-3-4-12(7-11(10)2)8-16(19)14-9-13(18)5-6-15(14)17/h3-7,9,16H,8,19H2,1-2H3. The predicted molar refractivity (Wildman–Crippen MR) is 78.0 cm³/mol. The second kappa shape index (κ2) is 5.72. The Morgan fingerprint density at radius 2 is 1.84 bits per heavy atom. The van der Waals surface area contributed by atoms with Crippen molar-refractivity contribution in [3.05, 3.63) is 69.5 Å². The van der Waals surface area contributed by atoms with E-state index in [1.165, 1.54) is 23.3 Å². The second-order valence-corrected chi connectivity index (χ2v) is 5.30. The van der Waals surface area contributed by atoms with Gasteiger partial charge >= 0.3 is 0 Å². The van der Waals surface area contributed by atoms with E-state index in [9.17, 15) is 4.39 Å². The largest absolute Gasteiger partial charge is 0.324 e. The Balaban J connectivity index is 2.22. The molecule has 0 spiro atoms. The Morgan fingerprint density at radius 1 is 1.11 bits per heavy atom. The molecule has 1 nitrogen and oxygen atoms in total. The van der Waals surface area contributed by atoms with Gasteiger partial charge in [0.05, 0.1) is 0 Å². The molecule has 100 valence electrons. The van der Waals surface area contributed by atoms with Gasteiger partial charge in [0.1, 0.15) is 5.82 Å². The summed E-state index contributed by atoms with van der Waals surface area (Å²) in [7, 11) is 0. The summed E-state index contributed by atoms with van der Waals surface area (Å²) < 4.78 is 13.2. The molecule has 2 aromatic carbocycles. The first-order valence-electron chi connectivity index (χ1n) is 6.24. The van der Waals surface area contributed by atoms with Crippen LogP contribution in [0.25, 0.3) is 0 Å². The van der Waals surface area contributed by atoms with Crippen molar-refractivity contribution in [3.8, 4) is 0 Å². The summed E-state index contributed by atoms with van der Waals surface area (Å²) in [6.07, 6.45) is 0.643. The predicted octanol–water partition coefficient (Wildman–Crippen LogP) is 4.34. The molecule has 0 bridgehead atoms. The fourth-order valence-corrected chi connectivity index (χ4v) is 2.35. The van der Waals surface area contributed by atoms with Crippen LogP contribution in [0.15, 0.2) is 36.4 Å². The highest BCUT2D eigenvalue weighted by Crippen LogP contribution is 2.25. The highest BCUT2D eigenvalue weighted by atomic mass is 35.5. The van der Waals surface area contributed by atoms with Gasteiger partial charge in [-0.25, -0.2) is 4.39 Å². The molecule has 1 unspecified atom stereocenters. The quantitative estimate of drug-likeness (QED) is 0.887. The van der Waals surface area contributed by atoms with E-state index < -0.39 is 0 Å². The topological polar surface area (TPSA) is 26.0 Å². The van der Waals surface area contributed by atoms with Crippen molar-refractivity contribution in [2.24, 2.45) is 5.73 Å². The third kappa shape index (κ3) is 3.34. The highest BCUT2D eigenvalue weighted by Gasteiger charge is 2.12. The van der Waals surface area contributed by atoms with Gasteiger partial charge < -0.3 is 5.73 Å². The van der Waals surface area contributed by atoms with E-state index >= 15 is 0 Å². The maximum absolute atomic E-state index is 13.2. The lowest BCUT2D eigenvalue weighted by molar-refractivity contribution is 0.618. The highest BCUT2D eigenvalue weighted by molar-refractivity contribution is 6.31. The molecule has 0 aliphatic heterocycles. The summed E-state index contributed by atoms with van der Waals surface area (Å²) in [6, 6.07) is 10.2. The van der Waals surface area contributed by atoms with Gasteiger partial charge in [0.25, 0.3) is 0 Å². The lowest BCUT2D eigenvalue weighted by Gasteiger charge is -2.15. The van der Waals surface area contributed by atoms with E-state index in [0.29, 0.717) is 17.0 Å². The number of nitrogens with two attached hydrogens (primary N) is 1. The number of benzene rings is 2. The molecule has 2 aromatic rings. The van der Waals surface area contributed by atoms with Crippen molar-refractivity contribution in [3.63, 3.8) is 0 Å². The van der Waals surface area contributed by atoms with Crippen LogP contribution in [0.1, 0.15) is 28.3 Å². The molecule has 0 aliphatic rings. The van der Waals surface area contributed by atoms with Gasteiger partial charge in [-0.15, -0.1) is 0 Å². The number of halogens is 2. The molecule has 19 heavy (non-hydrogen) atoms. The normalized spacial score (nSPS) is 12.5. The van der Waals surface area contributed by atoms with Crippen LogP contribution in [0.5, 0.6) is 0 Å². The van der Waals surface area contributed by atoms with Crippen molar-refractivity contribution in [2.75, 3.05) is 0 Å². The molecule has 0 fully saturated rings. The molecular weight excluding hydrogens is 261 g/mol. The van der Waals surface area contributed by atoms with E-state index in [0.717, 1.165) is 5.56 Å². The van der Waals surface area contributed by atoms with Crippen LogP contribution in [0.4, 0.5) is 4.39 Å². The molecule has 0 amide bonds. The second-order valence-electron chi connectivity index (χ2n) is 4.90. The average Bonchev–Trinajstić information content (AvgIpc) is 2.36. The number of aryl methyl sites for hydroxylation is 2. The fraction of sp³-hybridized carbons (Fsp3) is 0.250. The Bertz CT molecular complexity index is 595. The average molecular weight is 278 g/mol. The summed E-state index contributed by atoms with van der Waals surface area (Å²) in [4.78, 5) is 0. The van der Waals surface area contributed by atoms with Gasteiger partial charge in [-0.3, -0.25) is 0 Å². The fourth-order valence-electron chi connectivity index (χ4n) is 2.09. The van der Waals surface area contributed by atoms with Crippen LogP contribution < -0.4 is 5.73 Å². The van der Waals surface area contributed by atoms with Gasteiger partial charge in [-0.1, -0.05) is 29.8 Å². The van der Waals surface area contributed by atoms with Crippen LogP contribution in [-0.2, 0) is 6.42 Å².